The molecule has 0 amide bonds. The lowest BCUT2D eigenvalue weighted by molar-refractivity contribution is 0.598. The van der Waals surface area contributed by atoms with Crippen molar-refractivity contribution in [1.29, 1.82) is 0 Å². The number of anilines is 1. The number of thiophene rings is 1. The number of halogens is 1. The lowest BCUT2D eigenvalue weighted by atomic mass is 10.2. The number of para-hydroxylation sites is 1. The summed E-state index contributed by atoms with van der Waals surface area (Å²) >= 11 is 1.41. The minimum atomic E-state index is -3.79. The minimum Gasteiger partial charge on any atom is -0.315 e. The molecule has 0 aliphatic rings. The highest BCUT2D eigenvalue weighted by molar-refractivity contribution is 7.93. The summed E-state index contributed by atoms with van der Waals surface area (Å²) in [5, 5.41) is 2.98. The van der Waals surface area contributed by atoms with Gasteiger partial charge in [-0.05, 0) is 38.6 Å². The second-order valence-electron chi connectivity index (χ2n) is 4.70. The predicted molar refractivity (Wildman–Crippen MR) is 83.8 cm³/mol. The van der Waals surface area contributed by atoms with Crippen LogP contribution in [0.4, 0.5) is 10.1 Å². The van der Waals surface area contributed by atoms with Gasteiger partial charge in [0.2, 0.25) is 0 Å². The zero-order chi connectivity index (χ0) is 15.6. The van der Waals surface area contributed by atoms with E-state index in [-0.39, 0.29) is 10.6 Å². The molecule has 1 heterocycles. The van der Waals surface area contributed by atoms with Gasteiger partial charge in [-0.3, -0.25) is 4.72 Å². The fourth-order valence-electron chi connectivity index (χ4n) is 2.00. The van der Waals surface area contributed by atoms with Gasteiger partial charge in [-0.1, -0.05) is 12.1 Å². The summed E-state index contributed by atoms with van der Waals surface area (Å²) in [5.41, 5.74) is 0.542. The molecule has 0 saturated heterocycles. The van der Waals surface area contributed by atoms with Gasteiger partial charge in [-0.15, -0.1) is 11.3 Å². The first-order chi connectivity index (χ1) is 9.85. The predicted octanol–water partition coefficient (Wildman–Crippen LogP) is 3.02. The van der Waals surface area contributed by atoms with Crippen LogP contribution in [0.5, 0.6) is 0 Å². The largest absolute Gasteiger partial charge is 0.315 e. The molecule has 2 aromatic rings. The summed E-state index contributed by atoms with van der Waals surface area (Å²) in [5.74, 6) is -0.582. The molecule has 0 saturated carbocycles. The third kappa shape index (κ3) is 3.42. The summed E-state index contributed by atoms with van der Waals surface area (Å²) in [7, 11) is -2.00. The molecule has 7 heteroatoms. The zero-order valence-corrected chi connectivity index (χ0v) is 13.7. The van der Waals surface area contributed by atoms with Gasteiger partial charge in [0, 0.05) is 16.3 Å². The number of rotatable bonds is 5. The lowest BCUT2D eigenvalue weighted by Gasteiger charge is -2.11. The van der Waals surface area contributed by atoms with Crippen molar-refractivity contribution in [3.8, 4) is 0 Å². The summed E-state index contributed by atoms with van der Waals surface area (Å²) in [6.07, 6.45) is 0. The Balaban J connectivity index is 2.39. The molecule has 0 bridgehead atoms. The Morgan fingerprint density at radius 1 is 1.29 bits per heavy atom. The lowest BCUT2D eigenvalue weighted by Crippen LogP contribution is -2.15. The molecule has 4 nitrogen and oxygen atoms in total. The molecule has 0 radical (unpaired) electrons. The summed E-state index contributed by atoms with van der Waals surface area (Å²) < 4.78 is 41.0. The van der Waals surface area contributed by atoms with Gasteiger partial charge in [-0.25, -0.2) is 12.8 Å². The van der Waals surface area contributed by atoms with Crippen molar-refractivity contribution in [2.75, 3.05) is 11.8 Å². The smallest absolute Gasteiger partial charge is 0.263 e. The average molecular weight is 328 g/mol. The van der Waals surface area contributed by atoms with E-state index in [1.807, 2.05) is 0 Å². The number of benzene rings is 1. The standard InChI is InChI=1S/C14H17FN2O2S2/c1-9-5-4-6-12(15)14(9)17-21(18,19)13-7-11(8-16-3)20-10(13)2/h4-7,16-17H,8H2,1-3H3. The first-order valence-corrected chi connectivity index (χ1v) is 8.67. The maximum absolute atomic E-state index is 13.8. The van der Waals surface area contributed by atoms with E-state index in [0.717, 1.165) is 4.88 Å². The highest BCUT2D eigenvalue weighted by Gasteiger charge is 2.22. The van der Waals surface area contributed by atoms with Gasteiger partial charge in [0.05, 0.1) is 5.69 Å². The highest BCUT2D eigenvalue weighted by Crippen LogP contribution is 2.29. The topological polar surface area (TPSA) is 58.2 Å². The number of aryl methyl sites for hydroxylation is 2. The van der Waals surface area contributed by atoms with E-state index < -0.39 is 15.8 Å². The second kappa shape index (κ2) is 6.13. The van der Waals surface area contributed by atoms with Crippen LogP contribution < -0.4 is 10.0 Å². The summed E-state index contributed by atoms with van der Waals surface area (Å²) in [6, 6.07) is 6.06. The van der Waals surface area contributed by atoms with Crippen LogP contribution in [0.15, 0.2) is 29.2 Å². The van der Waals surface area contributed by atoms with Crippen molar-refractivity contribution in [1.82, 2.24) is 5.32 Å². The maximum Gasteiger partial charge on any atom is 0.263 e. The molecule has 0 aliphatic carbocycles. The number of hydrogen-bond donors (Lipinski definition) is 2. The van der Waals surface area contributed by atoms with Gasteiger partial charge in [0.25, 0.3) is 10.0 Å². The molecule has 0 unspecified atom stereocenters. The second-order valence-corrected chi connectivity index (χ2v) is 7.69. The molecule has 114 valence electrons. The van der Waals surface area contributed by atoms with Crippen molar-refractivity contribution in [2.45, 2.75) is 25.3 Å². The Kier molecular flexibility index (Phi) is 4.65. The van der Waals surface area contributed by atoms with E-state index in [1.54, 1.807) is 39.1 Å². The van der Waals surface area contributed by atoms with Crippen molar-refractivity contribution < 1.29 is 12.8 Å². The van der Waals surface area contributed by atoms with Crippen molar-refractivity contribution in [3.63, 3.8) is 0 Å². The molecular weight excluding hydrogens is 311 g/mol. The molecule has 0 aliphatic heterocycles. The molecule has 1 aromatic carbocycles. The third-order valence-corrected chi connectivity index (χ3v) is 5.68. The van der Waals surface area contributed by atoms with Crippen molar-refractivity contribution in [2.24, 2.45) is 0 Å². The number of sulfonamides is 1. The van der Waals surface area contributed by atoms with Crippen LogP contribution in [0.1, 0.15) is 15.3 Å². The van der Waals surface area contributed by atoms with Gasteiger partial charge in [0.15, 0.2) is 0 Å². The maximum atomic E-state index is 13.8. The molecule has 1 aromatic heterocycles. The van der Waals surface area contributed by atoms with Crippen LogP contribution in [-0.4, -0.2) is 15.5 Å². The molecule has 2 N–H and O–H groups in total. The van der Waals surface area contributed by atoms with Crippen LogP contribution in [0.25, 0.3) is 0 Å². The van der Waals surface area contributed by atoms with Gasteiger partial charge < -0.3 is 5.32 Å². The Morgan fingerprint density at radius 2 is 2.00 bits per heavy atom. The summed E-state index contributed by atoms with van der Waals surface area (Å²) in [4.78, 5) is 1.79. The van der Waals surface area contributed by atoms with Crippen LogP contribution in [0.3, 0.4) is 0 Å². The normalized spacial score (nSPS) is 11.6. The highest BCUT2D eigenvalue weighted by atomic mass is 32.2. The molecule has 2 rings (SSSR count). The van der Waals surface area contributed by atoms with Crippen molar-refractivity contribution in [3.05, 3.63) is 45.4 Å². The van der Waals surface area contributed by atoms with E-state index in [0.29, 0.717) is 17.0 Å². The Bertz CT molecular complexity index is 734. The van der Waals surface area contributed by atoms with E-state index in [4.69, 9.17) is 0 Å². The third-order valence-electron chi connectivity index (χ3n) is 3.02. The molecular formula is C14H17FN2O2S2. The van der Waals surface area contributed by atoms with Gasteiger partial charge >= 0.3 is 0 Å². The minimum absolute atomic E-state index is 0.00161. The van der Waals surface area contributed by atoms with Crippen LogP contribution >= 0.6 is 11.3 Å². The molecule has 0 fully saturated rings. The quantitative estimate of drug-likeness (QED) is 0.887. The van der Waals surface area contributed by atoms with E-state index in [9.17, 15) is 12.8 Å². The Morgan fingerprint density at radius 3 is 2.62 bits per heavy atom. The fourth-order valence-corrected chi connectivity index (χ4v) is 4.79. The SMILES string of the molecule is CNCc1cc(S(=O)(=O)Nc2c(C)cccc2F)c(C)s1. The Labute approximate surface area is 128 Å². The van der Waals surface area contributed by atoms with E-state index in [1.165, 1.54) is 17.4 Å². The Hall–Kier alpha value is -1.44. The average Bonchev–Trinajstić information content (AvgIpc) is 2.76. The first kappa shape index (κ1) is 15.9. The number of hydrogen-bond acceptors (Lipinski definition) is 4. The van der Waals surface area contributed by atoms with Crippen molar-refractivity contribution >= 4 is 27.0 Å². The zero-order valence-electron chi connectivity index (χ0n) is 12.0. The van der Waals surface area contributed by atoms with E-state index >= 15 is 0 Å². The fraction of sp³-hybridized carbons (Fsp3) is 0.286. The number of nitrogens with one attached hydrogen (secondary N) is 2. The molecule has 21 heavy (non-hydrogen) atoms. The van der Waals surface area contributed by atoms with Crippen LogP contribution in [0.2, 0.25) is 0 Å². The van der Waals surface area contributed by atoms with Gasteiger partial charge in [-0.2, -0.15) is 0 Å². The molecule has 0 atom stereocenters. The van der Waals surface area contributed by atoms with Gasteiger partial charge in [0.1, 0.15) is 10.7 Å². The first-order valence-electron chi connectivity index (χ1n) is 6.37. The van der Waals surface area contributed by atoms with E-state index in [2.05, 4.69) is 10.0 Å². The molecule has 0 spiro atoms. The van der Waals surface area contributed by atoms with Crippen LogP contribution in [-0.2, 0) is 16.6 Å². The summed E-state index contributed by atoms with van der Waals surface area (Å²) in [6.45, 7) is 4.00. The van der Waals surface area contributed by atoms with Crippen LogP contribution in [0, 0.1) is 19.7 Å². The monoisotopic (exact) mass is 328 g/mol.